The van der Waals surface area contributed by atoms with Crippen LogP contribution in [0.5, 0.6) is 5.75 Å². The normalized spacial score (nSPS) is 20.6. The van der Waals surface area contributed by atoms with E-state index in [2.05, 4.69) is 0 Å². The van der Waals surface area contributed by atoms with E-state index in [1.165, 1.54) is 19.3 Å². The van der Waals surface area contributed by atoms with E-state index in [-0.39, 0.29) is 24.0 Å². The Balaban J connectivity index is 1.72. The van der Waals surface area contributed by atoms with E-state index in [1.54, 1.807) is 49.4 Å². The van der Waals surface area contributed by atoms with Gasteiger partial charge in [-0.3, -0.25) is 0 Å². The third kappa shape index (κ3) is 6.21. The first-order valence-electron chi connectivity index (χ1n) is 10.6. The second-order valence-electron chi connectivity index (χ2n) is 7.98. The minimum atomic E-state index is -1.49. The third-order valence-corrected chi connectivity index (χ3v) is 5.39. The molecule has 9 nitrogen and oxygen atoms in total. The zero-order chi connectivity index (χ0) is 24.8. The summed E-state index contributed by atoms with van der Waals surface area (Å²) in [4.78, 5) is 36.8. The molecule has 180 valence electrons. The zero-order valence-corrected chi connectivity index (χ0v) is 18.7. The summed E-state index contributed by atoms with van der Waals surface area (Å²) in [6.07, 6.45) is -4.86. The lowest BCUT2D eigenvalue weighted by Gasteiger charge is -2.30. The largest absolute Gasteiger partial charge is 0.497 e. The quantitative estimate of drug-likeness (QED) is 0.493. The summed E-state index contributed by atoms with van der Waals surface area (Å²) in [5, 5.41) is 30.0. The Morgan fingerprint density at radius 1 is 1.06 bits per heavy atom. The summed E-state index contributed by atoms with van der Waals surface area (Å²) in [6.45, 7) is 1.80. The first-order chi connectivity index (χ1) is 16.2. The second kappa shape index (κ2) is 11.0. The van der Waals surface area contributed by atoms with E-state index in [0.717, 1.165) is 5.56 Å². The lowest BCUT2D eigenvalue weighted by Crippen LogP contribution is -2.44. The highest BCUT2D eigenvalue weighted by Gasteiger charge is 2.37. The van der Waals surface area contributed by atoms with Crippen molar-refractivity contribution >= 4 is 17.9 Å². The monoisotopic (exact) mass is 470 g/mol. The molecule has 1 unspecified atom stereocenters. The minimum absolute atomic E-state index is 0.0880. The average Bonchev–Trinajstić information content (AvgIpc) is 2.81. The van der Waals surface area contributed by atoms with Crippen molar-refractivity contribution in [1.29, 1.82) is 0 Å². The van der Waals surface area contributed by atoms with Crippen molar-refractivity contribution < 1.29 is 43.9 Å². The highest BCUT2D eigenvalue weighted by molar-refractivity contribution is 5.92. The second-order valence-corrected chi connectivity index (χ2v) is 7.98. The topological polar surface area (TPSA) is 140 Å². The maximum atomic E-state index is 12.7. The smallest absolute Gasteiger partial charge is 0.345 e. The van der Waals surface area contributed by atoms with Crippen LogP contribution in [0.15, 0.2) is 60.2 Å². The summed E-state index contributed by atoms with van der Waals surface area (Å²) < 4.78 is 15.5. The number of aryl methyl sites for hydroxylation is 1. The molecule has 4 atom stereocenters. The van der Waals surface area contributed by atoms with Crippen molar-refractivity contribution in [1.82, 2.24) is 0 Å². The number of methoxy groups -OCH3 is 1. The number of aliphatic carboxylic acids is 1. The average molecular weight is 470 g/mol. The van der Waals surface area contributed by atoms with Crippen LogP contribution in [-0.4, -0.2) is 64.8 Å². The van der Waals surface area contributed by atoms with E-state index >= 15 is 0 Å². The summed E-state index contributed by atoms with van der Waals surface area (Å²) in [5.74, 6) is -2.47. The molecule has 0 saturated heterocycles. The van der Waals surface area contributed by atoms with Crippen LogP contribution < -0.4 is 4.74 Å². The number of carboxylic acid groups (broad SMARTS) is 1. The Labute approximate surface area is 196 Å². The van der Waals surface area contributed by atoms with Crippen LogP contribution >= 0.6 is 0 Å². The number of aliphatic hydroxyl groups excluding tert-OH is 2. The van der Waals surface area contributed by atoms with Crippen LogP contribution in [0.4, 0.5) is 0 Å². The lowest BCUT2D eigenvalue weighted by molar-refractivity contribution is -0.161. The van der Waals surface area contributed by atoms with Crippen molar-refractivity contribution in [2.75, 3.05) is 7.11 Å². The summed E-state index contributed by atoms with van der Waals surface area (Å²) in [6, 6.07) is 13.2. The SMILES string of the molecule is COc1ccc(C[C@H](OC(=O)C2=CC(OC(=O)c3cccc(C)c3)[C@@H](O)[C@H](O)C2)C(=O)O)cc1. The Bertz CT molecular complexity index is 1070. The van der Waals surface area contributed by atoms with Crippen molar-refractivity contribution in [3.63, 3.8) is 0 Å². The molecule has 2 aromatic rings. The fraction of sp³-hybridized carbons (Fsp3) is 0.320. The third-order valence-electron chi connectivity index (χ3n) is 5.39. The van der Waals surface area contributed by atoms with Gasteiger partial charge < -0.3 is 29.5 Å². The number of aliphatic hydroxyl groups is 2. The van der Waals surface area contributed by atoms with Crippen LogP contribution in [-0.2, 0) is 25.5 Å². The first-order valence-corrected chi connectivity index (χ1v) is 10.6. The Morgan fingerprint density at radius 3 is 2.38 bits per heavy atom. The predicted octanol–water partition coefficient (Wildman–Crippen LogP) is 1.82. The van der Waals surface area contributed by atoms with Gasteiger partial charge in [0.2, 0.25) is 6.10 Å². The standard InChI is InChI=1S/C25H26O9/c1-14-4-3-5-16(10-14)24(30)33-20-13-17(12-19(26)22(20)27)25(31)34-21(23(28)29)11-15-6-8-18(32-2)9-7-15/h3-10,13,19-22,26-27H,11-12H2,1-2H3,(H,28,29)/t19-,20?,21+,22+/m1/s1. The van der Waals surface area contributed by atoms with Crippen LogP contribution in [0.25, 0.3) is 0 Å². The predicted molar refractivity (Wildman–Crippen MR) is 119 cm³/mol. The van der Waals surface area contributed by atoms with Crippen molar-refractivity contribution in [3.8, 4) is 5.75 Å². The molecule has 0 saturated carbocycles. The first kappa shape index (κ1) is 24.9. The van der Waals surface area contributed by atoms with E-state index < -0.39 is 42.3 Å². The maximum Gasteiger partial charge on any atom is 0.345 e. The van der Waals surface area contributed by atoms with Gasteiger partial charge in [-0.05, 0) is 42.8 Å². The molecule has 0 aliphatic heterocycles. The number of rotatable bonds is 8. The number of esters is 2. The minimum Gasteiger partial charge on any atom is -0.497 e. The molecule has 0 bridgehead atoms. The molecule has 34 heavy (non-hydrogen) atoms. The zero-order valence-electron chi connectivity index (χ0n) is 18.7. The van der Waals surface area contributed by atoms with Gasteiger partial charge in [-0.15, -0.1) is 0 Å². The van der Waals surface area contributed by atoms with Gasteiger partial charge in [-0.1, -0.05) is 29.8 Å². The Hall–Kier alpha value is -3.69. The molecule has 9 heteroatoms. The number of benzene rings is 2. The van der Waals surface area contributed by atoms with Crippen molar-refractivity contribution in [2.45, 2.75) is 44.2 Å². The van der Waals surface area contributed by atoms with Gasteiger partial charge >= 0.3 is 17.9 Å². The van der Waals surface area contributed by atoms with Crippen LogP contribution in [0.3, 0.4) is 0 Å². The van der Waals surface area contributed by atoms with Gasteiger partial charge in [-0.2, -0.15) is 0 Å². The van der Waals surface area contributed by atoms with E-state index in [1.807, 2.05) is 0 Å². The molecule has 3 rings (SSSR count). The molecule has 3 N–H and O–H groups in total. The summed E-state index contributed by atoms with van der Waals surface area (Å²) in [5.41, 5.74) is 1.59. The van der Waals surface area contributed by atoms with Gasteiger partial charge in [-0.25, -0.2) is 14.4 Å². The molecule has 0 fully saturated rings. The number of carboxylic acids is 1. The highest BCUT2D eigenvalue weighted by Crippen LogP contribution is 2.25. The highest BCUT2D eigenvalue weighted by atomic mass is 16.6. The molecule has 0 aromatic heterocycles. The van der Waals surface area contributed by atoms with E-state index in [4.69, 9.17) is 14.2 Å². The Kier molecular flexibility index (Phi) is 8.04. The van der Waals surface area contributed by atoms with Gasteiger partial charge in [0.1, 0.15) is 18.0 Å². The number of hydrogen-bond acceptors (Lipinski definition) is 8. The molecule has 1 aliphatic rings. The van der Waals surface area contributed by atoms with E-state index in [9.17, 15) is 29.7 Å². The number of hydrogen-bond donors (Lipinski definition) is 3. The fourth-order valence-electron chi connectivity index (χ4n) is 3.51. The van der Waals surface area contributed by atoms with Gasteiger partial charge in [0.25, 0.3) is 0 Å². The van der Waals surface area contributed by atoms with Crippen LogP contribution in [0.1, 0.15) is 27.9 Å². The number of carbonyl (C=O) groups excluding carboxylic acids is 2. The van der Waals surface area contributed by atoms with Crippen LogP contribution in [0.2, 0.25) is 0 Å². The molecular weight excluding hydrogens is 444 g/mol. The summed E-state index contributed by atoms with van der Waals surface area (Å²) in [7, 11) is 1.51. The van der Waals surface area contributed by atoms with Gasteiger partial charge in [0.15, 0.2) is 0 Å². The van der Waals surface area contributed by atoms with Gasteiger partial charge in [0, 0.05) is 18.4 Å². The molecule has 0 radical (unpaired) electrons. The summed E-state index contributed by atoms with van der Waals surface area (Å²) >= 11 is 0. The lowest BCUT2D eigenvalue weighted by atomic mass is 9.92. The molecular formula is C25H26O9. The van der Waals surface area contributed by atoms with Crippen LogP contribution in [0, 0.1) is 6.92 Å². The van der Waals surface area contributed by atoms with Crippen molar-refractivity contribution in [2.24, 2.45) is 0 Å². The van der Waals surface area contributed by atoms with Gasteiger partial charge in [0.05, 0.1) is 18.8 Å². The molecule has 1 aliphatic carbocycles. The van der Waals surface area contributed by atoms with E-state index in [0.29, 0.717) is 11.3 Å². The van der Waals surface area contributed by atoms with Crippen molar-refractivity contribution in [3.05, 3.63) is 76.9 Å². The molecule has 0 heterocycles. The number of ether oxygens (including phenoxy) is 3. The Morgan fingerprint density at radius 2 is 1.76 bits per heavy atom. The maximum absolute atomic E-state index is 12.7. The molecule has 2 aromatic carbocycles. The number of carbonyl (C=O) groups is 3. The fourth-order valence-corrected chi connectivity index (χ4v) is 3.51. The molecule has 0 spiro atoms. The molecule has 0 amide bonds.